The molecule has 1 unspecified atom stereocenters. The highest BCUT2D eigenvalue weighted by Crippen LogP contribution is 2.40. The lowest BCUT2D eigenvalue weighted by atomic mass is 9.91. The van der Waals surface area contributed by atoms with E-state index < -0.39 is 48.5 Å². The van der Waals surface area contributed by atoms with Gasteiger partial charge in [-0.1, -0.05) is 53.2 Å². The zero-order valence-electron chi connectivity index (χ0n) is 21.9. The molecule has 5 rings (SSSR count). The minimum absolute atomic E-state index is 0.00958. The van der Waals surface area contributed by atoms with Gasteiger partial charge in [-0.05, 0) is 19.1 Å². The summed E-state index contributed by atoms with van der Waals surface area (Å²) in [5.41, 5.74) is 1.75. The van der Waals surface area contributed by atoms with Gasteiger partial charge in [-0.25, -0.2) is 9.07 Å². The third-order valence-corrected chi connectivity index (χ3v) is 7.20. The molecule has 0 radical (unpaired) electrons. The maximum absolute atomic E-state index is 14.2. The second-order valence-electron chi connectivity index (χ2n) is 9.57. The van der Waals surface area contributed by atoms with Gasteiger partial charge in [0.1, 0.15) is 41.7 Å². The Morgan fingerprint density at radius 3 is 2.67 bits per heavy atom. The maximum Gasteiger partial charge on any atom is 0.279 e. The first-order valence-corrected chi connectivity index (χ1v) is 12.8. The standard InChI is InChI=1S/C27H29ClFN5O5/c1-15(33(2)3)30-26(35)25-24(36-4)22(34-13-20(31-32-34)17-10-11-18(28)19(29)12-17)23-21(38-25)14-37-27(39-23)16-8-6-5-7-9-16/h5-13,21-25,27H,14H2,1-4H3/b30-15+/t21-,22+,23+,24-,25-,27?/m1/s1. The molecule has 10 nitrogen and oxygen atoms in total. The summed E-state index contributed by atoms with van der Waals surface area (Å²) in [5.74, 6) is -0.546. The Labute approximate surface area is 230 Å². The van der Waals surface area contributed by atoms with E-state index in [4.69, 9.17) is 30.5 Å². The first kappa shape index (κ1) is 27.4. The number of aliphatic imine (C=N–C) groups is 1. The number of benzene rings is 2. The SMILES string of the molecule is CO[C@@H]1[C@@H](n2cc(-c3ccc(Cl)c(F)c3)nn2)[C@H]2OC(c3ccccc3)OC[C@H]2O[C@H]1C(=O)/N=C(\C)N(C)C. The van der Waals surface area contributed by atoms with Crippen LogP contribution in [-0.2, 0) is 23.7 Å². The maximum atomic E-state index is 14.2. The van der Waals surface area contributed by atoms with E-state index >= 15 is 0 Å². The normalized spacial score (nSPS) is 27.2. The highest BCUT2D eigenvalue weighted by molar-refractivity contribution is 6.30. The average molecular weight is 558 g/mol. The van der Waals surface area contributed by atoms with E-state index in [9.17, 15) is 9.18 Å². The van der Waals surface area contributed by atoms with Gasteiger partial charge in [-0.2, -0.15) is 4.99 Å². The molecular weight excluding hydrogens is 529 g/mol. The Bertz CT molecular complexity index is 1350. The van der Waals surface area contributed by atoms with Crippen LogP contribution in [0.25, 0.3) is 11.3 Å². The molecule has 206 valence electrons. The molecule has 0 spiro atoms. The second kappa shape index (κ2) is 11.5. The van der Waals surface area contributed by atoms with Gasteiger partial charge in [0.2, 0.25) is 0 Å². The van der Waals surface area contributed by atoms with Crippen molar-refractivity contribution in [3.05, 3.63) is 71.1 Å². The lowest BCUT2D eigenvalue weighted by molar-refractivity contribution is -0.314. The number of methoxy groups -OCH3 is 1. The molecular formula is C27H29ClFN5O5. The summed E-state index contributed by atoms with van der Waals surface area (Å²) < 4.78 is 40.2. The van der Waals surface area contributed by atoms with Crippen molar-refractivity contribution in [1.82, 2.24) is 19.9 Å². The fraction of sp³-hybridized carbons (Fsp3) is 0.407. The minimum atomic E-state index is -1.06. The third-order valence-electron chi connectivity index (χ3n) is 6.89. The number of nitrogens with zero attached hydrogens (tertiary/aromatic N) is 5. The fourth-order valence-corrected chi connectivity index (χ4v) is 4.79. The number of rotatable bonds is 5. The Morgan fingerprint density at radius 1 is 1.21 bits per heavy atom. The quantitative estimate of drug-likeness (QED) is 0.346. The van der Waals surface area contributed by atoms with Crippen molar-refractivity contribution in [3.63, 3.8) is 0 Å². The van der Waals surface area contributed by atoms with Gasteiger partial charge in [0.15, 0.2) is 12.4 Å². The lowest BCUT2D eigenvalue weighted by Gasteiger charge is -2.48. The molecule has 1 aromatic heterocycles. The molecule has 12 heteroatoms. The summed E-state index contributed by atoms with van der Waals surface area (Å²) in [6.07, 6.45) is -2.13. The van der Waals surface area contributed by atoms with Crippen LogP contribution in [0.3, 0.4) is 0 Å². The number of aromatic nitrogens is 3. The average Bonchev–Trinajstić information content (AvgIpc) is 3.43. The molecule has 2 aromatic carbocycles. The number of halogens is 2. The van der Waals surface area contributed by atoms with Crippen molar-refractivity contribution in [3.8, 4) is 11.3 Å². The van der Waals surface area contributed by atoms with Crippen LogP contribution in [0.4, 0.5) is 4.39 Å². The smallest absolute Gasteiger partial charge is 0.279 e. The molecule has 2 saturated heterocycles. The van der Waals surface area contributed by atoms with Crippen LogP contribution in [0, 0.1) is 5.82 Å². The van der Waals surface area contributed by atoms with Crippen LogP contribution in [-0.4, -0.2) is 83.9 Å². The number of hydrogen-bond donors (Lipinski definition) is 0. The monoisotopic (exact) mass is 557 g/mol. The van der Waals surface area contributed by atoms with Crippen LogP contribution >= 0.6 is 11.6 Å². The topological polar surface area (TPSA) is 100 Å². The van der Waals surface area contributed by atoms with Crippen molar-refractivity contribution in [2.75, 3.05) is 27.8 Å². The van der Waals surface area contributed by atoms with Crippen LogP contribution in [0.15, 0.2) is 59.7 Å². The number of amidine groups is 1. The van der Waals surface area contributed by atoms with Crippen molar-refractivity contribution in [1.29, 1.82) is 0 Å². The van der Waals surface area contributed by atoms with Crippen LogP contribution < -0.4 is 0 Å². The molecule has 3 aromatic rings. The van der Waals surface area contributed by atoms with E-state index in [2.05, 4.69) is 15.3 Å². The van der Waals surface area contributed by atoms with Crippen molar-refractivity contribution >= 4 is 23.3 Å². The zero-order valence-corrected chi connectivity index (χ0v) is 22.7. The van der Waals surface area contributed by atoms with E-state index in [1.165, 1.54) is 19.2 Å². The van der Waals surface area contributed by atoms with Gasteiger partial charge in [0.25, 0.3) is 5.91 Å². The van der Waals surface area contributed by atoms with Crippen molar-refractivity contribution in [2.45, 2.75) is 43.7 Å². The third kappa shape index (κ3) is 5.59. The summed E-state index contributed by atoms with van der Waals surface area (Å²) in [4.78, 5) is 19.3. The summed E-state index contributed by atoms with van der Waals surface area (Å²) in [6.45, 7) is 1.90. The number of ether oxygens (including phenoxy) is 4. The van der Waals surface area contributed by atoms with E-state index in [-0.39, 0.29) is 11.6 Å². The van der Waals surface area contributed by atoms with E-state index in [0.29, 0.717) is 17.1 Å². The van der Waals surface area contributed by atoms with Gasteiger partial charge in [0, 0.05) is 32.3 Å². The van der Waals surface area contributed by atoms with Gasteiger partial charge >= 0.3 is 0 Å². The van der Waals surface area contributed by atoms with Crippen LogP contribution in [0.5, 0.6) is 0 Å². The zero-order chi connectivity index (χ0) is 27.7. The molecule has 0 aliphatic carbocycles. The molecule has 1 amide bonds. The van der Waals surface area contributed by atoms with E-state index in [1.807, 2.05) is 30.3 Å². The predicted molar refractivity (Wildman–Crippen MR) is 141 cm³/mol. The molecule has 2 aliphatic rings. The number of fused-ring (bicyclic) bond motifs is 1. The molecule has 3 heterocycles. The van der Waals surface area contributed by atoms with Gasteiger partial charge in [-0.15, -0.1) is 5.10 Å². The number of hydrogen-bond acceptors (Lipinski definition) is 7. The number of carbonyl (C=O) groups excluding carboxylic acids is 1. The first-order chi connectivity index (χ1) is 18.8. The second-order valence-corrected chi connectivity index (χ2v) is 9.97. The van der Waals surface area contributed by atoms with Gasteiger partial charge < -0.3 is 23.8 Å². The largest absolute Gasteiger partial charge is 0.376 e. The Hall–Kier alpha value is -3.22. The Morgan fingerprint density at radius 2 is 1.97 bits per heavy atom. The molecule has 2 aliphatic heterocycles. The highest BCUT2D eigenvalue weighted by atomic mass is 35.5. The Balaban J connectivity index is 1.53. The molecule has 0 saturated carbocycles. The molecule has 0 bridgehead atoms. The summed E-state index contributed by atoms with van der Waals surface area (Å²) in [5, 5.41) is 8.61. The van der Waals surface area contributed by atoms with E-state index in [0.717, 1.165) is 5.56 Å². The first-order valence-electron chi connectivity index (χ1n) is 12.4. The predicted octanol–water partition coefficient (Wildman–Crippen LogP) is 3.68. The van der Waals surface area contributed by atoms with Crippen LogP contribution in [0.1, 0.15) is 24.8 Å². The number of amides is 1. The molecule has 6 atom stereocenters. The van der Waals surface area contributed by atoms with Crippen molar-refractivity contribution < 1.29 is 28.1 Å². The molecule has 39 heavy (non-hydrogen) atoms. The molecule has 0 N–H and O–H groups in total. The fourth-order valence-electron chi connectivity index (χ4n) is 4.68. The lowest BCUT2D eigenvalue weighted by Crippen LogP contribution is -2.61. The van der Waals surface area contributed by atoms with Gasteiger partial charge in [0.05, 0.1) is 17.8 Å². The minimum Gasteiger partial charge on any atom is -0.376 e. The highest BCUT2D eigenvalue weighted by Gasteiger charge is 2.53. The summed E-state index contributed by atoms with van der Waals surface area (Å²) in [6, 6.07) is 13.3. The number of carbonyl (C=O) groups is 1. The molecule has 2 fully saturated rings. The van der Waals surface area contributed by atoms with Crippen molar-refractivity contribution in [2.24, 2.45) is 4.99 Å². The summed E-state index contributed by atoms with van der Waals surface area (Å²) >= 11 is 5.85. The van der Waals surface area contributed by atoms with Gasteiger partial charge in [-0.3, -0.25) is 4.79 Å². The summed E-state index contributed by atoms with van der Waals surface area (Å²) in [7, 11) is 5.08. The van der Waals surface area contributed by atoms with Crippen LogP contribution in [0.2, 0.25) is 5.02 Å². The van der Waals surface area contributed by atoms with E-state index in [1.54, 1.807) is 42.9 Å². The Kier molecular flexibility index (Phi) is 8.06.